The number of rotatable bonds is 7. The van der Waals surface area contributed by atoms with Gasteiger partial charge in [-0.2, -0.15) is 0 Å². The Kier molecular flexibility index (Phi) is 5.83. The summed E-state index contributed by atoms with van der Waals surface area (Å²) in [6.07, 6.45) is 1.61. The van der Waals surface area contributed by atoms with E-state index in [2.05, 4.69) is 10.0 Å². The molecular formula is C19H21ClN2O5S. The third-order valence-electron chi connectivity index (χ3n) is 4.34. The SMILES string of the molecule is COc1cc(Cl)c(C)cc1NC(=O)c1ccc(OC)c(S(=O)(=O)NC2CC2)c1. The lowest BCUT2D eigenvalue weighted by molar-refractivity contribution is 0.102. The largest absolute Gasteiger partial charge is 0.495 e. The first-order valence-electron chi connectivity index (χ1n) is 8.61. The number of hydrogen-bond acceptors (Lipinski definition) is 5. The van der Waals surface area contributed by atoms with Crippen LogP contribution in [0.1, 0.15) is 28.8 Å². The maximum atomic E-state index is 12.7. The van der Waals surface area contributed by atoms with E-state index in [0.29, 0.717) is 16.5 Å². The first-order valence-corrected chi connectivity index (χ1v) is 10.5. The normalized spacial score (nSPS) is 13.9. The van der Waals surface area contributed by atoms with Gasteiger partial charge < -0.3 is 14.8 Å². The Balaban J connectivity index is 1.92. The molecule has 0 aliphatic heterocycles. The molecule has 3 rings (SSSR count). The molecule has 2 aromatic rings. The van der Waals surface area contributed by atoms with Gasteiger partial charge in [-0.3, -0.25) is 4.79 Å². The summed E-state index contributed by atoms with van der Waals surface area (Å²) < 4.78 is 38.3. The number of amides is 1. The van der Waals surface area contributed by atoms with Crippen LogP contribution < -0.4 is 19.5 Å². The van der Waals surface area contributed by atoms with Crippen molar-refractivity contribution in [2.75, 3.05) is 19.5 Å². The van der Waals surface area contributed by atoms with Crippen molar-refractivity contribution in [3.8, 4) is 11.5 Å². The molecule has 0 atom stereocenters. The highest BCUT2D eigenvalue weighted by molar-refractivity contribution is 7.89. The van der Waals surface area contributed by atoms with Crippen LogP contribution >= 0.6 is 11.6 Å². The van der Waals surface area contributed by atoms with Gasteiger partial charge in [0.25, 0.3) is 5.91 Å². The van der Waals surface area contributed by atoms with E-state index >= 15 is 0 Å². The molecule has 0 heterocycles. The smallest absolute Gasteiger partial charge is 0.255 e. The quantitative estimate of drug-likeness (QED) is 0.710. The summed E-state index contributed by atoms with van der Waals surface area (Å²) in [7, 11) is -0.939. The molecule has 0 spiro atoms. The second-order valence-corrected chi connectivity index (χ2v) is 8.61. The van der Waals surface area contributed by atoms with Gasteiger partial charge in [-0.25, -0.2) is 13.1 Å². The van der Waals surface area contributed by atoms with Crippen LogP contribution in [0.5, 0.6) is 11.5 Å². The molecule has 0 unspecified atom stereocenters. The van der Waals surface area contributed by atoms with Gasteiger partial charge >= 0.3 is 0 Å². The van der Waals surface area contributed by atoms with E-state index in [1.54, 1.807) is 19.1 Å². The number of benzene rings is 2. The van der Waals surface area contributed by atoms with E-state index in [0.717, 1.165) is 18.4 Å². The number of anilines is 1. The Morgan fingerprint density at radius 1 is 1.11 bits per heavy atom. The van der Waals surface area contributed by atoms with Crippen molar-refractivity contribution in [3.63, 3.8) is 0 Å². The molecule has 0 saturated heterocycles. The third-order valence-corrected chi connectivity index (χ3v) is 6.29. The number of carbonyl (C=O) groups excluding carboxylic acids is 1. The number of sulfonamides is 1. The van der Waals surface area contributed by atoms with Crippen molar-refractivity contribution in [1.82, 2.24) is 4.72 Å². The van der Waals surface area contributed by atoms with Crippen molar-refractivity contribution in [1.29, 1.82) is 0 Å². The average molecular weight is 425 g/mol. The molecule has 2 N–H and O–H groups in total. The van der Waals surface area contributed by atoms with E-state index in [9.17, 15) is 13.2 Å². The Bertz CT molecular complexity index is 1020. The minimum Gasteiger partial charge on any atom is -0.495 e. The fraction of sp³-hybridized carbons (Fsp3) is 0.316. The summed E-state index contributed by atoms with van der Waals surface area (Å²) in [6.45, 7) is 1.80. The minimum absolute atomic E-state index is 0.0616. The van der Waals surface area contributed by atoms with E-state index in [4.69, 9.17) is 21.1 Å². The second-order valence-electron chi connectivity index (χ2n) is 6.52. The third kappa shape index (κ3) is 4.40. The van der Waals surface area contributed by atoms with Crippen molar-refractivity contribution in [2.24, 2.45) is 0 Å². The molecule has 28 heavy (non-hydrogen) atoms. The zero-order valence-corrected chi connectivity index (χ0v) is 17.3. The second kappa shape index (κ2) is 7.98. The van der Waals surface area contributed by atoms with Gasteiger partial charge in [-0.15, -0.1) is 0 Å². The topological polar surface area (TPSA) is 93.7 Å². The first-order chi connectivity index (χ1) is 13.2. The highest BCUT2D eigenvalue weighted by Crippen LogP contribution is 2.32. The number of aryl methyl sites for hydroxylation is 1. The van der Waals surface area contributed by atoms with Crippen molar-refractivity contribution in [3.05, 3.63) is 46.5 Å². The summed E-state index contributed by atoms with van der Waals surface area (Å²) >= 11 is 6.09. The average Bonchev–Trinajstić information content (AvgIpc) is 3.47. The van der Waals surface area contributed by atoms with Crippen LogP contribution in [-0.2, 0) is 10.0 Å². The van der Waals surface area contributed by atoms with Gasteiger partial charge in [0.1, 0.15) is 16.4 Å². The van der Waals surface area contributed by atoms with Crippen LogP contribution in [-0.4, -0.2) is 34.6 Å². The van der Waals surface area contributed by atoms with Crippen LogP contribution in [0.3, 0.4) is 0 Å². The lowest BCUT2D eigenvalue weighted by atomic mass is 10.1. The molecule has 150 valence electrons. The Morgan fingerprint density at radius 3 is 2.39 bits per heavy atom. The molecule has 1 fully saturated rings. The van der Waals surface area contributed by atoms with Gasteiger partial charge in [0.15, 0.2) is 0 Å². The Hall–Kier alpha value is -2.29. The zero-order valence-electron chi connectivity index (χ0n) is 15.7. The van der Waals surface area contributed by atoms with Gasteiger partial charge in [0.2, 0.25) is 10.0 Å². The molecule has 0 aromatic heterocycles. The molecular weight excluding hydrogens is 404 g/mol. The summed E-state index contributed by atoms with van der Waals surface area (Å²) in [4.78, 5) is 12.7. The molecule has 1 saturated carbocycles. The van der Waals surface area contributed by atoms with Gasteiger partial charge in [0, 0.05) is 22.7 Å². The number of halogens is 1. The van der Waals surface area contributed by atoms with Gasteiger partial charge in [-0.05, 0) is 49.6 Å². The lowest BCUT2D eigenvalue weighted by Gasteiger charge is -2.14. The number of methoxy groups -OCH3 is 2. The van der Waals surface area contributed by atoms with Gasteiger partial charge in [0.05, 0.1) is 19.9 Å². The Morgan fingerprint density at radius 2 is 1.79 bits per heavy atom. The molecule has 0 radical (unpaired) electrons. The summed E-state index contributed by atoms with van der Waals surface area (Å²) in [6, 6.07) is 7.49. The number of hydrogen-bond donors (Lipinski definition) is 2. The molecule has 7 nitrogen and oxygen atoms in total. The predicted octanol–water partition coefficient (Wildman–Crippen LogP) is 3.36. The van der Waals surface area contributed by atoms with E-state index < -0.39 is 15.9 Å². The monoisotopic (exact) mass is 424 g/mol. The fourth-order valence-corrected chi connectivity index (χ4v) is 4.29. The fourth-order valence-electron chi connectivity index (χ4n) is 2.64. The van der Waals surface area contributed by atoms with Crippen LogP contribution in [0.15, 0.2) is 35.2 Å². The van der Waals surface area contributed by atoms with Crippen LogP contribution in [0.4, 0.5) is 5.69 Å². The summed E-state index contributed by atoms with van der Waals surface area (Å²) in [5.74, 6) is 0.0934. The highest BCUT2D eigenvalue weighted by Gasteiger charge is 2.30. The Labute approximate surface area is 169 Å². The van der Waals surface area contributed by atoms with Crippen LogP contribution in [0.2, 0.25) is 5.02 Å². The van der Waals surface area contributed by atoms with Crippen molar-refractivity contribution < 1.29 is 22.7 Å². The standard InChI is InChI=1S/C19H21ClN2O5S/c1-11-8-15(17(27-3)10-14(11)20)21-19(23)12-4-7-16(26-2)18(9-12)28(24,25)22-13-5-6-13/h4,7-10,13,22H,5-6H2,1-3H3,(H,21,23). The van der Waals surface area contributed by atoms with E-state index in [1.165, 1.54) is 32.4 Å². The zero-order chi connectivity index (χ0) is 20.5. The molecule has 2 aromatic carbocycles. The van der Waals surface area contributed by atoms with Crippen LogP contribution in [0, 0.1) is 6.92 Å². The van der Waals surface area contributed by atoms with Gasteiger partial charge in [-0.1, -0.05) is 11.6 Å². The molecule has 1 amide bonds. The number of ether oxygens (including phenoxy) is 2. The van der Waals surface area contributed by atoms with Crippen LogP contribution in [0.25, 0.3) is 0 Å². The number of carbonyl (C=O) groups is 1. The predicted molar refractivity (Wildman–Crippen MR) is 107 cm³/mol. The lowest BCUT2D eigenvalue weighted by Crippen LogP contribution is -2.26. The molecule has 1 aliphatic rings. The van der Waals surface area contributed by atoms with Crippen molar-refractivity contribution in [2.45, 2.75) is 30.7 Å². The van der Waals surface area contributed by atoms with E-state index in [1.807, 2.05) is 0 Å². The molecule has 1 aliphatic carbocycles. The summed E-state index contributed by atoms with van der Waals surface area (Å²) in [5.41, 5.74) is 1.38. The minimum atomic E-state index is -3.79. The summed E-state index contributed by atoms with van der Waals surface area (Å²) in [5, 5.41) is 3.25. The molecule has 9 heteroatoms. The molecule has 0 bridgehead atoms. The highest BCUT2D eigenvalue weighted by atomic mass is 35.5. The maximum absolute atomic E-state index is 12.7. The maximum Gasteiger partial charge on any atom is 0.255 e. The van der Waals surface area contributed by atoms with E-state index in [-0.39, 0.29) is 22.3 Å². The first kappa shape index (κ1) is 20.4. The number of nitrogens with one attached hydrogen (secondary N) is 2. The van der Waals surface area contributed by atoms with Crippen molar-refractivity contribution >= 4 is 33.2 Å².